The summed E-state index contributed by atoms with van der Waals surface area (Å²) in [4.78, 5) is 48.5. The van der Waals surface area contributed by atoms with Crippen LogP contribution in [0.2, 0.25) is 0 Å². The number of ether oxygens (including phenoxy) is 2. The molecule has 34 heavy (non-hydrogen) atoms. The number of nitrogens with zero attached hydrogens (tertiary/aromatic N) is 1. The zero-order valence-corrected chi connectivity index (χ0v) is 19.6. The lowest BCUT2D eigenvalue weighted by molar-refractivity contribution is -0.384. The van der Waals surface area contributed by atoms with Gasteiger partial charge in [-0.2, -0.15) is 0 Å². The van der Waals surface area contributed by atoms with Crippen LogP contribution < -0.4 is 5.32 Å². The van der Waals surface area contributed by atoms with E-state index in [2.05, 4.69) is 5.32 Å². The number of nitro benzene ring substituents is 1. The average Bonchev–Trinajstić information content (AvgIpc) is 3.13. The maximum Gasteiger partial charge on any atom is 0.341 e. The molecule has 1 heterocycles. The molecule has 1 amide bonds. The van der Waals surface area contributed by atoms with E-state index in [9.17, 15) is 24.5 Å². The highest BCUT2D eigenvalue weighted by Crippen LogP contribution is 2.40. The first kappa shape index (κ1) is 24.6. The van der Waals surface area contributed by atoms with E-state index in [0.29, 0.717) is 5.56 Å². The minimum atomic E-state index is -0.882. The second-order valence-corrected chi connectivity index (χ2v) is 8.48. The molecule has 0 aliphatic carbocycles. The molecule has 10 heteroatoms. The molecule has 0 bridgehead atoms. The van der Waals surface area contributed by atoms with Gasteiger partial charge in [0.05, 0.1) is 17.1 Å². The molecule has 1 N–H and O–H groups in total. The van der Waals surface area contributed by atoms with Crippen LogP contribution in [0.5, 0.6) is 0 Å². The molecule has 3 aromatic rings. The summed E-state index contributed by atoms with van der Waals surface area (Å²) >= 11 is 1.21. The lowest BCUT2D eigenvalue weighted by Crippen LogP contribution is -2.21. The number of thiophene rings is 1. The molecule has 0 atom stereocenters. The number of amides is 1. The first-order chi connectivity index (χ1) is 16.2. The predicted octanol–water partition coefficient (Wildman–Crippen LogP) is 4.91. The Hall–Kier alpha value is -4.05. The number of nitro groups is 1. The number of benzene rings is 2. The summed E-state index contributed by atoms with van der Waals surface area (Å²) in [6, 6.07) is 12.6. The topological polar surface area (TPSA) is 125 Å². The third-order valence-electron chi connectivity index (χ3n) is 4.78. The highest BCUT2D eigenvalue weighted by atomic mass is 32.1. The van der Waals surface area contributed by atoms with Gasteiger partial charge in [-0.1, -0.05) is 35.9 Å². The van der Waals surface area contributed by atoms with Gasteiger partial charge in [-0.25, -0.2) is 9.59 Å². The van der Waals surface area contributed by atoms with E-state index >= 15 is 0 Å². The molecule has 0 aliphatic heterocycles. The molecule has 0 unspecified atom stereocenters. The molecule has 1 aromatic heterocycles. The van der Waals surface area contributed by atoms with Crippen molar-refractivity contribution in [1.29, 1.82) is 0 Å². The zero-order chi connectivity index (χ0) is 24.8. The van der Waals surface area contributed by atoms with E-state index < -0.39 is 29.4 Å². The molecule has 176 valence electrons. The van der Waals surface area contributed by atoms with Crippen LogP contribution in [0.3, 0.4) is 0 Å². The molecule has 0 saturated heterocycles. The highest BCUT2D eigenvalue weighted by molar-refractivity contribution is 7.17. The van der Waals surface area contributed by atoms with Crippen LogP contribution in [0, 0.1) is 24.0 Å². The van der Waals surface area contributed by atoms with Gasteiger partial charge in [0.25, 0.3) is 11.6 Å². The van der Waals surface area contributed by atoms with Gasteiger partial charge in [-0.05, 0) is 32.4 Å². The Bertz CT molecular complexity index is 1250. The van der Waals surface area contributed by atoms with Crippen molar-refractivity contribution >= 4 is 39.9 Å². The number of nitrogens with one attached hydrogen (secondary N) is 1. The lowest BCUT2D eigenvalue weighted by atomic mass is 10.0. The van der Waals surface area contributed by atoms with Crippen molar-refractivity contribution in [3.8, 4) is 11.1 Å². The maximum absolute atomic E-state index is 12.8. The summed E-state index contributed by atoms with van der Waals surface area (Å²) in [6.45, 7) is 5.00. The number of carbonyl (C=O) groups is 3. The van der Waals surface area contributed by atoms with Gasteiger partial charge in [0.1, 0.15) is 10.6 Å². The summed E-state index contributed by atoms with van der Waals surface area (Å²) in [5.41, 5.74) is 2.44. The Morgan fingerprint density at radius 3 is 2.38 bits per heavy atom. The predicted molar refractivity (Wildman–Crippen MR) is 127 cm³/mol. The average molecular weight is 483 g/mol. The largest absolute Gasteiger partial charge is 0.462 e. The highest BCUT2D eigenvalue weighted by Gasteiger charge is 2.26. The van der Waals surface area contributed by atoms with Crippen molar-refractivity contribution < 1.29 is 28.8 Å². The van der Waals surface area contributed by atoms with Crippen LogP contribution in [-0.2, 0) is 14.3 Å². The van der Waals surface area contributed by atoms with Crippen molar-refractivity contribution in [2.45, 2.75) is 20.8 Å². The summed E-state index contributed by atoms with van der Waals surface area (Å²) in [5.74, 6) is -2.13. The number of hydrogen-bond donors (Lipinski definition) is 1. The van der Waals surface area contributed by atoms with Crippen LogP contribution in [0.15, 0.2) is 48.5 Å². The van der Waals surface area contributed by atoms with Gasteiger partial charge in [-0.15, -0.1) is 11.3 Å². The van der Waals surface area contributed by atoms with Gasteiger partial charge in [0, 0.05) is 22.6 Å². The van der Waals surface area contributed by atoms with E-state index in [4.69, 9.17) is 9.47 Å². The van der Waals surface area contributed by atoms with Crippen LogP contribution >= 0.6 is 11.3 Å². The first-order valence-corrected chi connectivity index (χ1v) is 11.1. The van der Waals surface area contributed by atoms with Crippen LogP contribution in [0.1, 0.15) is 38.1 Å². The lowest BCUT2D eigenvalue weighted by Gasteiger charge is -2.10. The minimum absolute atomic E-state index is 0.0529. The minimum Gasteiger partial charge on any atom is -0.462 e. The maximum atomic E-state index is 12.8. The first-order valence-electron chi connectivity index (χ1n) is 10.3. The van der Waals surface area contributed by atoms with Gasteiger partial charge >= 0.3 is 11.9 Å². The summed E-state index contributed by atoms with van der Waals surface area (Å²) in [6.07, 6.45) is 0. The molecular formula is C24H22N2O7S. The fourth-order valence-corrected chi connectivity index (χ4v) is 4.30. The number of hydrogen-bond acceptors (Lipinski definition) is 8. The van der Waals surface area contributed by atoms with Crippen LogP contribution in [0.4, 0.5) is 10.7 Å². The van der Waals surface area contributed by atoms with Crippen molar-refractivity contribution in [2.75, 3.05) is 18.5 Å². The van der Waals surface area contributed by atoms with E-state index in [-0.39, 0.29) is 28.4 Å². The molecule has 0 radical (unpaired) electrons. The molecule has 0 aliphatic rings. The molecule has 0 spiro atoms. The zero-order valence-electron chi connectivity index (χ0n) is 18.7. The van der Waals surface area contributed by atoms with Crippen molar-refractivity contribution in [2.24, 2.45) is 0 Å². The van der Waals surface area contributed by atoms with Crippen molar-refractivity contribution in [3.05, 3.63) is 80.2 Å². The third kappa shape index (κ3) is 5.65. The molecule has 0 fully saturated rings. The third-order valence-corrected chi connectivity index (χ3v) is 5.80. The fraction of sp³-hybridized carbons (Fsp3) is 0.208. The van der Waals surface area contributed by atoms with Gasteiger partial charge in [0.15, 0.2) is 6.61 Å². The Morgan fingerprint density at radius 1 is 1.03 bits per heavy atom. The summed E-state index contributed by atoms with van der Waals surface area (Å²) in [5, 5.41) is 13.8. The normalized spacial score (nSPS) is 10.4. The molecule has 9 nitrogen and oxygen atoms in total. The number of esters is 2. The van der Waals surface area contributed by atoms with E-state index in [1.807, 2.05) is 38.1 Å². The summed E-state index contributed by atoms with van der Waals surface area (Å²) < 4.78 is 10.2. The standard InChI is InChI=1S/C24H22N2O7S/c1-4-32-24(29)21-20(16-10-8-14(2)9-11-16)15(3)34-22(21)25-19(27)13-33-23(28)17-6-5-7-18(12-17)26(30)31/h5-12H,4,13H2,1-3H3,(H,25,27). The fourth-order valence-electron chi connectivity index (χ4n) is 3.22. The van der Waals surface area contributed by atoms with E-state index in [1.165, 1.54) is 29.5 Å². The number of rotatable bonds is 8. The second-order valence-electron chi connectivity index (χ2n) is 7.26. The van der Waals surface area contributed by atoms with Crippen LogP contribution in [0.25, 0.3) is 11.1 Å². The Balaban J connectivity index is 1.79. The van der Waals surface area contributed by atoms with Gasteiger partial charge in [0.2, 0.25) is 0 Å². The quantitative estimate of drug-likeness (QED) is 0.275. The second kappa shape index (κ2) is 10.7. The smallest absolute Gasteiger partial charge is 0.341 e. The molecule has 3 rings (SSSR count). The van der Waals surface area contributed by atoms with Crippen molar-refractivity contribution in [3.63, 3.8) is 0 Å². The summed E-state index contributed by atoms with van der Waals surface area (Å²) in [7, 11) is 0. The Kier molecular flexibility index (Phi) is 7.75. The van der Waals surface area contributed by atoms with Gasteiger partial charge < -0.3 is 14.8 Å². The SMILES string of the molecule is CCOC(=O)c1c(NC(=O)COC(=O)c2cccc([N+](=O)[O-])c2)sc(C)c1-c1ccc(C)cc1. The number of anilines is 1. The molecular weight excluding hydrogens is 460 g/mol. The van der Waals surface area contributed by atoms with Crippen LogP contribution in [-0.4, -0.2) is 36.0 Å². The van der Waals surface area contributed by atoms with Gasteiger partial charge in [-0.3, -0.25) is 14.9 Å². The monoisotopic (exact) mass is 482 g/mol. The molecule has 0 saturated carbocycles. The Labute approximate surface area is 199 Å². The number of aryl methyl sites for hydroxylation is 2. The number of non-ortho nitro benzene ring substituents is 1. The van der Waals surface area contributed by atoms with E-state index in [0.717, 1.165) is 22.1 Å². The Morgan fingerprint density at radius 2 is 1.74 bits per heavy atom. The molecule has 2 aromatic carbocycles. The van der Waals surface area contributed by atoms with E-state index in [1.54, 1.807) is 6.92 Å². The van der Waals surface area contributed by atoms with Crippen molar-refractivity contribution in [1.82, 2.24) is 0 Å². The number of carbonyl (C=O) groups excluding carboxylic acids is 3.